The van der Waals surface area contributed by atoms with Gasteiger partial charge in [0.05, 0.1) is 10.6 Å². The first kappa shape index (κ1) is 29.2. The van der Waals surface area contributed by atoms with Crippen molar-refractivity contribution in [2.75, 3.05) is 10.8 Å². The van der Waals surface area contributed by atoms with Gasteiger partial charge in [0.1, 0.15) is 12.6 Å². The second-order valence-electron chi connectivity index (χ2n) is 9.61. The van der Waals surface area contributed by atoms with E-state index >= 15 is 0 Å². The van der Waals surface area contributed by atoms with Gasteiger partial charge in [-0.05, 0) is 76.1 Å². The predicted octanol–water partition coefficient (Wildman–Crippen LogP) is 5.09. The lowest BCUT2D eigenvalue weighted by atomic mass is 10.1. The quantitative estimate of drug-likeness (QED) is 0.377. The molecule has 1 atom stereocenters. The van der Waals surface area contributed by atoms with Gasteiger partial charge in [-0.15, -0.1) is 0 Å². The number of hydrogen-bond donors (Lipinski definition) is 1. The van der Waals surface area contributed by atoms with Crippen LogP contribution in [0.1, 0.15) is 37.5 Å². The molecule has 1 N–H and O–H groups in total. The molecule has 202 valence electrons. The van der Waals surface area contributed by atoms with E-state index < -0.39 is 28.5 Å². The Balaban J connectivity index is 2.06. The molecule has 0 fully saturated rings. The number of rotatable bonds is 10. The number of hydrogen-bond acceptors (Lipinski definition) is 4. The molecule has 3 aromatic carbocycles. The maximum Gasteiger partial charge on any atom is 0.264 e. The van der Waals surface area contributed by atoms with E-state index in [2.05, 4.69) is 5.32 Å². The Morgan fingerprint density at radius 3 is 2.21 bits per heavy atom. The normalized spacial score (nSPS) is 12.2. The van der Waals surface area contributed by atoms with Gasteiger partial charge in [0.25, 0.3) is 10.0 Å². The molecule has 0 aliphatic heterocycles. The minimum Gasteiger partial charge on any atom is -0.352 e. The fraction of sp³-hybridized carbons (Fsp3) is 0.310. The van der Waals surface area contributed by atoms with Gasteiger partial charge in [-0.1, -0.05) is 59.6 Å². The number of nitrogens with one attached hydrogen (secondary N) is 1. The van der Waals surface area contributed by atoms with Gasteiger partial charge in [0, 0.05) is 17.6 Å². The lowest BCUT2D eigenvalue weighted by Gasteiger charge is -2.32. The summed E-state index contributed by atoms with van der Waals surface area (Å²) in [4.78, 5) is 28.3. The molecule has 0 saturated heterocycles. The van der Waals surface area contributed by atoms with E-state index in [1.165, 1.54) is 17.0 Å². The molecular formula is C29H34ClN3O4S. The number of carbonyl (C=O) groups is 2. The van der Waals surface area contributed by atoms with Crippen LogP contribution in [0.2, 0.25) is 5.02 Å². The van der Waals surface area contributed by atoms with Gasteiger partial charge in [0.15, 0.2) is 0 Å². The van der Waals surface area contributed by atoms with Crippen molar-refractivity contribution in [3.8, 4) is 0 Å². The van der Waals surface area contributed by atoms with Crippen LogP contribution in [0, 0.1) is 13.8 Å². The lowest BCUT2D eigenvalue weighted by molar-refractivity contribution is -0.139. The molecule has 0 aliphatic carbocycles. The van der Waals surface area contributed by atoms with E-state index in [9.17, 15) is 18.0 Å². The Bertz CT molecular complexity index is 1390. The highest BCUT2D eigenvalue weighted by Crippen LogP contribution is 2.28. The maximum atomic E-state index is 13.9. The lowest BCUT2D eigenvalue weighted by Crippen LogP contribution is -2.52. The average molecular weight is 556 g/mol. The summed E-state index contributed by atoms with van der Waals surface area (Å²) >= 11 is 6.17. The molecule has 2 amide bonds. The third-order valence-corrected chi connectivity index (χ3v) is 8.08. The molecule has 0 unspecified atom stereocenters. The second kappa shape index (κ2) is 12.5. The molecule has 3 aromatic rings. The number of halogens is 1. The van der Waals surface area contributed by atoms with E-state index in [1.54, 1.807) is 49.4 Å². The molecule has 38 heavy (non-hydrogen) atoms. The smallest absolute Gasteiger partial charge is 0.264 e. The van der Waals surface area contributed by atoms with Crippen molar-refractivity contribution >= 4 is 39.1 Å². The summed E-state index contributed by atoms with van der Waals surface area (Å²) in [6.07, 6.45) is 0. The maximum absolute atomic E-state index is 13.9. The second-order valence-corrected chi connectivity index (χ2v) is 11.9. The van der Waals surface area contributed by atoms with Crippen LogP contribution in [0.5, 0.6) is 0 Å². The molecule has 0 heterocycles. The van der Waals surface area contributed by atoms with Gasteiger partial charge in [-0.2, -0.15) is 0 Å². The molecule has 0 radical (unpaired) electrons. The zero-order valence-corrected chi connectivity index (χ0v) is 23.9. The summed E-state index contributed by atoms with van der Waals surface area (Å²) in [7, 11) is -4.10. The summed E-state index contributed by atoms with van der Waals surface area (Å²) in [5.74, 6) is -0.852. The predicted molar refractivity (Wildman–Crippen MR) is 152 cm³/mol. The summed E-state index contributed by atoms with van der Waals surface area (Å²) in [5, 5.41) is 3.34. The summed E-state index contributed by atoms with van der Waals surface area (Å²) < 4.78 is 28.8. The Kier molecular flexibility index (Phi) is 9.57. The van der Waals surface area contributed by atoms with E-state index in [4.69, 9.17) is 11.6 Å². The first-order valence-corrected chi connectivity index (χ1v) is 14.2. The van der Waals surface area contributed by atoms with Gasteiger partial charge in [-0.3, -0.25) is 13.9 Å². The molecule has 9 heteroatoms. The van der Waals surface area contributed by atoms with Crippen LogP contribution < -0.4 is 9.62 Å². The molecule has 0 aliphatic rings. The number of benzene rings is 3. The van der Waals surface area contributed by atoms with Gasteiger partial charge >= 0.3 is 0 Å². The standard InChI is InChI=1S/C29H34ClN3O4S/c1-20(2)31-29(35)23(5)32(18-24-10-9-11-25(30)17-24)28(34)19-33(27-15-14-21(3)16-22(27)4)38(36,37)26-12-7-6-8-13-26/h6-17,20,23H,18-19H2,1-5H3,(H,31,35)/t23-/m0/s1. The minimum absolute atomic E-state index is 0.0692. The largest absolute Gasteiger partial charge is 0.352 e. The first-order chi connectivity index (χ1) is 17.9. The van der Waals surface area contributed by atoms with Crippen LogP contribution in [0.4, 0.5) is 5.69 Å². The van der Waals surface area contributed by atoms with Gasteiger partial charge < -0.3 is 10.2 Å². The van der Waals surface area contributed by atoms with Crippen molar-refractivity contribution in [1.82, 2.24) is 10.2 Å². The Hall–Kier alpha value is -3.36. The Morgan fingerprint density at radius 2 is 1.61 bits per heavy atom. The van der Waals surface area contributed by atoms with E-state index in [0.717, 1.165) is 15.4 Å². The minimum atomic E-state index is -4.10. The molecule has 0 bridgehead atoms. The molecule has 3 rings (SSSR count). The van der Waals surface area contributed by atoms with E-state index in [1.807, 2.05) is 45.9 Å². The summed E-state index contributed by atoms with van der Waals surface area (Å²) in [5.41, 5.74) is 2.80. The number of carbonyl (C=O) groups excluding carboxylic acids is 2. The van der Waals surface area contributed by atoms with Gasteiger partial charge in [0.2, 0.25) is 11.8 Å². The molecule has 0 spiro atoms. The van der Waals surface area contributed by atoms with Crippen LogP contribution in [0.15, 0.2) is 77.7 Å². The number of aryl methyl sites for hydroxylation is 2. The van der Waals surface area contributed by atoms with Crippen LogP contribution >= 0.6 is 11.6 Å². The topological polar surface area (TPSA) is 86.8 Å². The van der Waals surface area contributed by atoms with E-state index in [0.29, 0.717) is 16.3 Å². The number of amides is 2. The van der Waals surface area contributed by atoms with Crippen molar-refractivity contribution in [3.63, 3.8) is 0 Å². The summed E-state index contributed by atoms with van der Waals surface area (Å²) in [6.45, 7) is 8.62. The third-order valence-electron chi connectivity index (χ3n) is 6.07. The SMILES string of the molecule is Cc1ccc(N(CC(=O)N(Cc2cccc(Cl)c2)[C@@H](C)C(=O)NC(C)C)S(=O)(=O)c2ccccc2)c(C)c1. The molecular weight excluding hydrogens is 522 g/mol. The number of nitrogens with zero attached hydrogens (tertiary/aromatic N) is 2. The Labute approximate surface area is 230 Å². The fourth-order valence-corrected chi connectivity index (χ4v) is 5.85. The highest BCUT2D eigenvalue weighted by Gasteiger charge is 2.33. The van der Waals surface area contributed by atoms with Crippen molar-refractivity contribution in [2.45, 2.75) is 58.1 Å². The zero-order valence-electron chi connectivity index (χ0n) is 22.3. The van der Waals surface area contributed by atoms with Crippen LogP contribution in [0.25, 0.3) is 0 Å². The number of sulfonamides is 1. The molecule has 0 saturated carbocycles. The first-order valence-electron chi connectivity index (χ1n) is 12.4. The van der Waals surface area contributed by atoms with Gasteiger partial charge in [-0.25, -0.2) is 8.42 Å². The van der Waals surface area contributed by atoms with E-state index in [-0.39, 0.29) is 23.4 Å². The van der Waals surface area contributed by atoms with Crippen molar-refractivity contribution < 1.29 is 18.0 Å². The van der Waals surface area contributed by atoms with Crippen molar-refractivity contribution in [3.05, 3.63) is 94.5 Å². The molecule has 0 aromatic heterocycles. The van der Waals surface area contributed by atoms with Crippen molar-refractivity contribution in [1.29, 1.82) is 0 Å². The molecule has 7 nitrogen and oxygen atoms in total. The Morgan fingerprint density at radius 1 is 0.921 bits per heavy atom. The third kappa shape index (κ3) is 7.14. The summed E-state index contributed by atoms with van der Waals surface area (Å²) in [6, 6.07) is 19.4. The zero-order chi connectivity index (χ0) is 28.0. The fourth-order valence-electron chi connectivity index (χ4n) is 4.14. The number of anilines is 1. The van der Waals surface area contributed by atoms with Crippen LogP contribution in [-0.2, 0) is 26.2 Å². The highest BCUT2D eigenvalue weighted by atomic mass is 35.5. The van der Waals surface area contributed by atoms with Crippen LogP contribution in [-0.4, -0.2) is 43.8 Å². The van der Waals surface area contributed by atoms with Crippen LogP contribution in [0.3, 0.4) is 0 Å². The highest BCUT2D eigenvalue weighted by molar-refractivity contribution is 7.92. The average Bonchev–Trinajstić information content (AvgIpc) is 2.86. The monoisotopic (exact) mass is 555 g/mol. The van der Waals surface area contributed by atoms with Crippen molar-refractivity contribution in [2.24, 2.45) is 0 Å².